The predicted octanol–water partition coefficient (Wildman–Crippen LogP) is 2.94. The third-order valence-corrected chi connectivity index (χ3v) is 3.01. The van der Waals surface area contributed by atoms with Crippen LogP contribution in [0.5, 0.6) is 0 Å². The Labute approximate surface area is 111 Å². The first-order valence-electron chi connectivity index (χ1n) is 4.82. The van der Waals surface area contributed by atoms with Crippen LogP contribution in [0.3, 0.4) is 0 Å². The van der Waals surface area contributed by atoms with Gasteiger partial charge in [0.25, 0.3) is 5.56 Å². The molecule has 0 spiro atoms. The van der Waals surface area contributed by atoms with E-state index in [-0.39, 0.29) is 5.56 Å². The quantitative estimate of drug-likeness (QED) is 0.927. The fraction of sp³-hybridized carbons (Fsp3) is 0.0909. The molecule has 17 heavy (non-hydrogen) atoms. The van der Waals surface area contributed by atoms with Gasteiger partial charge in [-0.3, -0.25) is 4.79 Å². The molecule has 1 N–H and O–H groups in total. The molecule has 0 aliphatic heterocycles. The van der Waals surface area contributed by atoms with Gasteiger partial charge in [-0.15, -0.1) is 0 Å². The Morgan fingerprint density at radius 2 is 2.12 bits per heavy atom. The molecule has 0 radical (unpaired) electrons. The van der Waals surface area contributed by atoms with Gasteiger partial charge in [-0.05, 0) is 24.3 Å². The number of anilines is 2. The molecule has 0 bridgehead atoms. The van der Waals surface area contributed by atoms with E-state index in [1.807, 2.05) is 6.07 Å². The van der Waals surface area contributed by atoms with Crippen molar-refractivity contribution in [3.63, 3.8) is 0 Å². The van der Waals surface area contributed by atoms with E-state index in [0.29, 0.717) is 16.4 Å². The van der Waals surface area contributed by atoms with Crippen molar-refractivity contribution in [2.45, 2.75) is 0 Å². The van der Waals surface area contributed by atoms with Crippen molar-refractivity contribution < 1.29 is 0 Å². The van der Waals surface area contributed by atoms with Gasteiger partial charge >= 0.3 is 0 Å². The smallest absolute Gasteiger partial charge is 0.290 e. The minimum atomic E-state index is -0.202. The number of aryl methyl sites for hydroxylation is 1. The normalized spacial score (nSPS) is 10.3. The van der Waals surface area contributed by atoms with Gasteiger partial charge in [0.2, 0.25) is 0 Å². The summed E-state index contributed by atoms with van der Waals surface area (Å²) in [6.07, 6.45) is 1.55. The molecule has 2 rings (SSSR count). The zero-order chi connectivity index (χ0) is 12.4. The monoisotopic (exact) mass is 313 g/mol. The highest BCUT2D eigenvalue weighted by Gasteiger charge is 2.05. The first kappa shape index (κ1) is 12.1. The van der Waals surface area contributed by atoms with Crippen LogP contribution in [0, 0.1) is 0 Å². The summed E-state index contributed by atoms with van der Waals surface area (Å²) in [5.41, 5.74) is 0.913. The maximum atomic E-state index is 11.7. The van der Waals surface area contributed by atoms with E-state index < -0.39 is 0 Å². The third kappa shape index (κ3) is 2.68. The highest BCUT2D eigenvalue weighted by atomic mass is 79.9. The van der Waals surface area contributed by atoms with Gasteiger partial charge in [0, 0.05) is 17.7 Å². The van der Waals surface area contributed by atoms with Crippen molar-refractivity contribution in [3.8, 4) is 0 Å². The molecule has 1 aromatic carbocycles. The average molecular weight is 315 g/mol. The van der Waals surface area contributed by atoms with Gasteiger partial charge in [-0.2, -0.15) is 5.10 Å². The summed E-state index contributed by atoms with van der Waals surface area (Å²) in [6.45, 7) is 0. The van der Waals surface area contributed by atoms with Crippen LogP contribution in [0.25, 0.3) is 0 Å². The standard InChI is InChI=1S/C11H9BrClN3O/c1-16-11(17)10(4-5-14-16)15-9-3-2-7(12)6-8(9)13/h2-6,15H,1H3. The number of hydrogen-bond acceptors (Lipinski definition) is 3. The molecule has 0 aliphatic rings. The summed E-state index contributed by atoms with van der Waals surface area (Å²) in [6, 6.07) is 7.02. The molecule has 0 atom stereocenters. The van der Waals surface area contributed by atoms with Gasteiger partial charge in [0.1, 0.15) is 5.69 Å². The Morgan fingerprint density at radius 1 is 1.35 bits per heavy atom. The van der Waals surface area contributed by atoms with E-state index in [1.54, 1.807) is 31.4 Å². The zero-order valence-electron chi connectivity index (χ0n) is 8.95. The number of nitrogens with one attached hydrogen (secondary N) is 1. The van der Waals surface area contributed by atoms with Crippen molar-refractivity contribution in [3.05, 3.63) is 50.3 Å². The summed E-state index contributed by atoms with van der Waals surface area (Å²) in [4.78, 5) is 11.7. The maximum absolute atomic E-state index is 11.7. The number of benzene rings is 1. The molecule has 4 nitrogen and oxygen atoms in total. The lowest BCUT2D eigenvalue weighted by molar-refractivity contribution is 0.710. The Bertz CT molecular complexity index is 612. The molecule has 6 heteroatoms. The molecule has 88 valence electrons. The van der Waals surface area contributed by atoms with Gasteiger partial charge < -0.3 is 5.32 Å². The van der Waals surface area contributed by atoms with E-state index in [0.717, 1.165) is 4.47 Å². The number of hydrogen-bond donors (Lipinski definition) is 1. The molecule has 1 heterocycles. The lowest BCUT2D eigenvalue weighted by Gasteiger charge is -2.08. The van der Waals surface area contributed by atoms with Crippen LogP contribution in [0.2, 0.25) is 5.02 Å². The molecule has 0 fully saturated rings. The van der Waals surface area contributed by atoms with E-state index in [2.05, 4.69) is 26.3 Å². The molecule has 2 aromatic rings. The number of nitrogens with zero attached hydrogens (tertiary/aromatic N) is 2. The minimum absolute atomic E-state index is 0.202. The molecule has 0 saturated heterocycles. The maximum Gasteiger partial charge on any atom is 0.290 e. The number of rotatable bonds is 2. The topological polar surface area (TPSA) is 46.9 Å². The van der Waals surface area contributed by atoms with Gasteiger partial charge in [-0.1, -0.05) is 27.5 Å². The van der Waals surface area contributed by atoms with Crippen LogP contribution in [-0.4, -0.2) is 9.78 Å². The second-order valence-electron chi connectivity index (χ2n) is 3.42. The lowest BCUT2D eigenvalue weighted by Crippen LogP contribution is -2.21. The van der Waals surface area contributed by atoms with E-state index in [9.17, 15) is 4.79 Å². The third-order valence-electron chi connectivity index (χ3n) is 2.21. The summed E-state index contributed by atoms with van der Waals surface area (Å²) < 4.78 is 2.14. The molecular formula is C11H9BrClN3O. The molecule has 1 aromatic heterocycles. The van der Waals surface area contributed by atoms with Crippen molar-refractivity contribution in [2.75, 3.05) is 5.32 Å². The minimum Gasteiger partial charge on any atom is -0.350 e. The summed E-state index contributed by atoms with van der Waals surface area (Å²) in [5, 5.41) is 7.36. The molecule has 0 amide bonds. The Kier molecular flexibility index (Phi) is 3.49. The lowest BCUT2D eigenvalue weighted by atomic mass is 10.3. The first-order valence-corrected chi connectivity index (χ1v) is 5.99. The largest absolute Gasteiger partial charge is 0.350 e. The highest BCUT2D eigenvalue weighted by Crippen LogP contribution is 2.27. The first-order chi connectivity index (χ1) is 8.08. The molecule has 0 unspecified atom stereocenters. The van der Waals surface area contributed by atoms with Gasteiger partial charge in [0.05, 0.1) is 10.7 Å². The van der Waals surface area contributed by atoms with Crippen molar-refractivity contribution >= 4 is 38.9 Å². The van der Waals surface area contributed by atoms with E-state index in [4.69, 9.17) is 11.6 Å². The number of halogens is 2. The van der Waals surface area contributed by atoms with Gasteiger partial charge in [-0.25, -0.2) is 4.68 Å². The molecule has 0 saturated carbocycles. The zero-order valence-corrected chi connectivity index (χ0v) is 11.3. The second kappa shape index (κ2) is 4.89. The summed E-state index contributed by atoms with van der Waals surface area (Å²) in [5.74, 6) is 0. The van der Waals surface area contributed by atoms with Crippen molar-refractivity contribution in [1.82, 2.24) is 9.78 Å². The van der Waals surface area contributed by atoms with Gasteiger partial charge in [0.15, 0.2) is 0 Å². The highest BCUT2D eigenvalue weighted by molar-refractivity contribution is 9.10. The fourth-order valence-corrected chi connectivity index (χ4v) is 2.06. The van der Waals surface area contributed by atoms with Crippen LogP contribution < -0.4 is 10.9 Å². The SMILES string of the molecule is Cn1nccc(Nc2ccc(Br)cc2Cl)c1=O. The molecule has 0 aliphatic carbocycles. The van der Waals surface area contributed by atoms with Crippen LogP contribution in [0.15, 0.2) is 39.7 Å². The predicted molar refractivity (Wildman–Crippen MR) is 71.9 cm³/mol. The van der Waals surface area contributed by atoms with Crippen LogP contribution in [0.1, 0.15) is 0 Å². The number of aromatic nitrogens is 2. The Morgan fingerprint density at radius 3 is 2.82 bits per heavy atom. The average Bonchev–Trinajstić information content (AvgIpc) is 2.28. The van der Waals surface area contributed by atoms with E-state index in [1.165, 1.54) is 4.68 Å². The fourth-order valence-electron chi connectivity index (χ4n) is 1.34. The molecular weight excluding hydrogens is 305 g/mol. The van der Waals surface area contributed by atoms with Crippen molar-refractivity contribution in [1.29, 1.82) is 0 Å². The van der Waals surface area contributed by atoms with Crippen LogP contribution in [-0.2, 0) is 7.05 Å². The van der Waals surface area contributed by atoms with Crippen LogP contribution >= 0.6 is 27.5 Å². The summed E-state index contributed by atoms with van der Waals surface area (Å²) >= 11 is 9.37. The van der Waals surface area contributed by atoms with E-state index >= 15 is 0 Å². The Hall–Kier alpha value is -1.33. The Balaban J connectivity index is 2.38. The van der Waals surface area contributed by atoms with Crippen molar-refractivity contribution in [2.24, 2.45) is 7.05 Å². The van der Waals surface area contributed by atoms with Crippen LogP contribution in [0.4, 0.5) is 11.4 Å². The second-order valence-corrected chi connectivity index (χ2v) is 4.75. The summed E-state index contributed by atoms with van der Waals surface area (Å²) in [7, 11) is 1.59.